The quantitative estimate of drug-likeness (QED) is 0.650. The Morgan fingerprint density at radius 2 is 2.00 bits per heavy atom. The summed E-state index contributed by atoms with van der Waals surface area (Å²) in [6.07, 6.45) is 1.06. The molecule has 2 heterocycles. The van der Waals surface area contributed by atoms with Gasteiger partial charge in [0.05, 0.1) is 4.92 Å². The molecule has 8 heteroatoms. The SMILES string of the molecule is O=[N+]([O-])c1ccc(-c2nc(N3CCCNCC3)n[nH]2)cc1. The predicted octanol–water partition coefficient (Wildman–Crippen LogP) is 1.18. The maximum Gasteiger partial charge on any atom is 0.269 e. The molecule has 2 aromatic rings. The summed E-state index contributed by atoms with van der Waals surface area (Å²) < 4.78 is 0. The lowest BCUT2D eigenvalue weighted by molar-refractivity contribution is -0.384. The van der Waals surface area contributed by atoms with E-state index in [2.05, 4.69) is 25.4 Å². The minimum absolute atomic E-state index is 0.0667. The predicted molar refractivity (Wildman–Crippen MR) is 78.2 cm³/mol. The minimum atomic E-state index is -0.417. The molecule has 110 valence electrons. The monoisotopic (exact) mass is 288 g/mol. The zero-order chi connectivity index (χ0) is 14.7. The highest BCUT2D eigenvalue weighted by molar-refractivity contribution is 5.58. The molecular weight excluding hydrogens is 272 g/mol. The first kappa shape index (κ1) is 13.5. The van der Waals surface area contributed by atoms with Crippen molar-refractivity contribution < 1.29 is 4.92 Å². The number of rotatable bonds is 3. The average molecular weight is 288 g/mol. The molecule has 8 nitrogen and oxygen atoms in total. The Bertz CT molecular complexity index is 616. The second-order valence-corrected chi connectivity index (χ2v) is 4.88. The second-order valence-electron chi connectivity index (χ2n) is 4.88. The molecule has 1 aromatic carbocycles. The van der Waals surface area contributed by atoms with Gasteiger partial charge < -0.3 is 10.2 Å². The van der Waals surface area contributed by atoms with Gasteiger partial charge in [0, 0.05) is 37.3 Å². The Balaban J connectivity index is 1.79. The fourth-order valence-corrected chi connectivity index (χ4v) is 2.31. The van der Waals surface area contributed by atoms with E-state index < -0.39 is 4.92 Å². The van der Waals surface area contributed by atoms with Crippen LogP contribution in [0.25, 0.3) is 11.4 Å². The smallest absolute Gasteiger partial charge is 0.269 e. The van der Waals surface area contributed by atoms with Crippen molar-refractivity contribution in [2.75, 3.05) is 31.1 Å². The number of nitrogens with zero attached hydrogens (tertiary/aromatic N) is 4. The molecule has 0 amide bonds. The number of aromatic amines is 1. The molecule has 1 aromatic heterocycles. The molecule has 0 unspecified atom stereocenters. The molecule has 21 heavy (non-hydrogen) atoms. The van der Waals surface area contributed by atoms with E-state index >= 15 is 0 Å². The third-order valence-corrected chi connectivity index (χ3v) is 3.45. The van der Waals surface area contributed by atoms with Crippen LogP contribution >= 0.6 is 0 Å². The number of aromatic nitrogens is 3. The van der Waals surface area contributed by atoms with Crippen molar-refractivity contribution >= 4 is 11.6 Å². The van der Waals surface area contributed by atoms with E-state index in [1.165, 1.54) is 12.1 Å². The number of nitro groups is 1. The molecule has 1 fully saturated rings. The van der Waals surface area contributed by atoms with Crippen LogP contribution in [0.15, 0.2) is 24.3 Å². The van der Waals surface area contributed by atoms with Gasteiger partial charge in [-0.1, -0.05) is 0 Å². The van der Waals surface area contributed by atoms with E-state index in [1.807, 2.05) is 0 Å². The van der Waals surface area contributed by atoms with Crippen molar-refractivity contribution in [3.63, 3.8) is 0 Å². The highest BCUT2D eigenvalue weighted by Gasteiger charge is 2.15. The fraction of sp³-hybridized carbons (Fsp3) is 0.385. The van der Waals surface area contributed by atoms with Crippen molar-refractivity contribution in [3.8, 4) is 11.4 Å². The number of nitrogens with one attached hydrogen (secondary N) is 2. The van der Waals surface area contributed by atoms with E-state index in [4.69, 9.17) is 0 Å². The standard InChI is InChI=1S/C13H16N6O2/c20-19(21)11-4-2-10(3-5-11)12-15-13(17-16-12)18-8-1-6-14-7-9-18/h2-5,14H,1,6-9H2,(H,15,16,17). The van der Waals surface area contributed by atoms with Gasteiger partial charge in [0.2, 0.25) is 5.95 Å². The summed E-state index contributed by atoms with van der Waals surface area (Å²) in [6.45, 7) is 3.72. The van der Waals surface area contributed by atoms with Gasteiger partial charge in [-0.3, -0.25) is 15.2 Å². The van der Waals surface area contributed by atoms with Gasteiger partial charge in [-0.05, 0) is 25.1 Å². The van der Waals surface area contributed by atoms with Crippen molar-refractivity contribution in [2.24, 2.45) is 0 Å². The highest BCUT2D eigenvalue weighted by Crippen LogP contribution is 2.21. The molecule has 1 aliphatic heterocycles. The number of benzene rings is 1. The second kappa shape index (κ2) is 5.88. The third-order valence-electron chi connectivity index (χ3n) is 3.45. The summed E-state index contributed by atoms with van der Waals surface area (Å²) in [5, 5.41) is 21.1. The van der Waals surface area contributed by atoms with Gasteiger partial charge in [0.25, 0.3) is 5.69 Å². The van der Waals surface area contributed by atoms with E-state index in [-0.39, 0.29) is 5.69 Å². The van der Waals surface area contributed by atoms with E-state index in [1.54, 1.807) is 12.1 Å². The first-order valence-electron chi connectivity index (χ1n) is 6.87. The number of nitro benzene ring substituents is 1. The van der Waals surface area contributed by atoms with Crippen LogP contribution in [0.2, 0.25) is 0 Å². The van der Waals surface area contributed by atoms with Crippen LogP contribution < -0.4 is 10.2 Å². The molecule has 0 radical (unpaired) electrons. The van der Waals surface area contributed by atoms with Gasteiger partial charge in [0.1, 0.15) is 0 Å². The summed E-state index contributed by atoms with van der Waals surface area (Å²) in [5.74, 6) is 1.30. The zero-order valence-electron chi connectivity index (χ0n) is 11.5. The van der Waals surface area contributed by atoms with Gasteiger partial charge in [0.15, 0.2) is 5.82 Å². The topological polar surface area (TPSA) is 100.0 Å². The van der Waals surface area contributed by atoms with Crippen LogP contribution in [-0.2, 0) is 0 Å². The largest absolute Gasteiger partial charge is 0.338 e. The third kappa shape index (κ3) is 3.00. The van der Waals surface area contributed by atoms with Crippen molar-refractivity contribution in [1.82, 2.24) is 20.5 Å². The lowest BCUT2D eigenvalue weighted by atomic mass is 10.2. The molecule has 1 saturated heterocycles. The average Bonchev–Trinajstić information content (AvgIpc) is 2.83. The maximum absolute atomic E-state index is 10.6. The van der Waals surface area contributed by atoms with Crippen LogP contribution in [0.3, 0.4) is 0 Å². The molecular formula is C13H16N6O2. The normalized spacial score (nSPS) is 15.7. The van der Waals surface area contributed by atoms with Crippen molar-refractivity contribution in [2.45, 2.75) is 6.42 Å². The van der Waals surface area contributed by atoms with Crippen LogP contribution in [0.5, 0.6) is 0 Å². The summed E-state index contributed by atoms with van der Waals surface area (Å²) in [4.78, 5) is 16.8. The number of anilines is 1. The van der Waals surface area contributed by atoms with E-state index in [0.717, 1.165) is 38.2 Å². The highest BCUT2D eigenvalue weighted by atomic mass is 16.6. The van der Waals surface area contributed by atoms with Crippen LogP contribution in [-0.4, -0.2) is 46.3 Å². The Morgan fingerprint density at radius 3 is 2.76 bits per heavy atom. The van der Waals surface area contributed by atoms with E-state index in [0.29, 0.717) is 11.8 Å². The summed E-state index contributed by atoms with van der Waals surface area (Å²) in [7, 11) is 0. The minimum Gasteiger partial charge on any atom is -0.338 e. The zero-order valence-corrected chi connectivity index (χ0v) is 11.5. The molecule has 0 spiro atoms. The number of H-pyrrole nitrogens is 1. The number of non-ortho nitro benzene ring substituents is 1. The lowest BCUT2D eigenvalue weighted by Crippen LogP contribution is -2.28. The Hall–Kier alpha value is -2.48. The van der Waals surface area contributed by atoms with Crippen LogP contribution in [0.4, 0.5) is 11.6 Å². The van der Waals surface area contributed by atoms with Gasteiger partial charge in [-0.25, -0.2) is 0 Å². The van der Waals surface area contributed by atoms with E-state index in [9.17, 15) is 10.1 Å². The molecule has 0 aliphatic carbocycles. The van der Waals surface area contributed by atoms with Gasteiger partial charge in [-0.2, -0.15) is 4.98 Å². The van der Waals surface area contributed by atoms with Gasteiger partial charge >= 0.3 is 0 Å². The Morgan fingerprint density at radius 1 is 1.19 bits per heavy atom. The Kier molecular flexibility index (Phi) is 3.78. The lowest BCUT2D eigenvalue weighted by Gasteiger charge is -2.16. The fourth-order valence-electron chi connectivity index (χ4n) is 2.31. The number of hydrogen-bond donors (Lipinski definition) is 2. The molecule has 0 saturated carbocycles. The van der Waals surface area contributed by atoms with Crippen molar-refractivity contribution in [1.29, 1.82) is 0 Å². The summed E-state index contributed by atoms with van der Waals surface area (Å²) in [5.41, 5.74) is 0.851. The Labute approximate surface area is 121 Å². The van der Waals surface area contributed by atoms with Gasteiger partial charge in [-0.15, -0.1) is 5.10 Å². The molecule has 2 N–H and O–H groups in total. The summed E-state index contributed by atoms with van der Waals surface area (Å²) >= 11 is 0. The first-order chi connectivity index (χ1) is 10.2. The van der Waals surface area contributed by atoms with Crippen LogP contribution in [0.1, 0.15) is 6.42 Å². The maximum atomic E-state index is 10.6. The summed E-state index contributed by atoms with van der Waals surface area (Å²) in [6, 6.07) is 6.28. The molecule has 0 atom stereocenters. The van der Waals surface area contributed by atoms with Crippen LogP contribution in [0, 0.1) is 10.1 Å². The van der Waals surface area contributed by atoms with Crippen molar-refractivity contribution in [3.05, 3.63) is 34.4 Å². The molecule has 1 aliphatic rings. The number of hydrogen-bond acceptors (Lipinski definition) is 6. The first-order valence-corrected chi connectivity index (χ1v) is 6.87. The molecule has 0 bridgehead atoms. The molecule has 3 rings (SSSR count).